The van der Waals surface area contributed by atoms with Gasteiger partial charge in [-0.3, -0.25) is 9.59 Å². The zero-order chi connectivity index (χ0) is 19.2. The van der Waals surface area contributed by atoms with Gasteiger partial charge in [-0.1, -0.05) is 18.2 Å². The number of hydrogen-bond donors (Lipinski definition) is 1. The summed E-state index contributed by atoms with van der Waals surface area (Å²) in [7, 11) is 3.22. The van der Waals surface area contributed by atoms with Gasteiger partial charge in [0.15, 0.2) is 11.5 Å². The smallest absolute Gasteiger partial charge is 0.251 e. The Kier molecular flexibility index (Phi) is 5.96. The molecule has 1 aliphatic heterocycles. The summed E-state index contributed by atoms with van der Waals surface area (Å²) in [4.78, 5) is 26.4. The van der Waals surface area contributed by atoms with Crippen LogP contribution in [0.15, 0.2) is 42.5 Å². The minimum atomic E-state index is -0.163. The number of hydrogen-bond acceptors (Lipinski definition) is 4. The first-order valence-electron chi connectivity index (χ1n) is 8.97. The molecule has 0 bridgehead atoms. The first-order chi connectivity index (χ1) is 13.1. The van der Waals surface area contributed by atoms with E-state index in [0.29, 0.717) is 36.7 Å². The number of carbonyl (C=O) groups is 2. The van der Waals surface area contributed by atoms with Gasteiger partial charge in [0.2, 0.25) is 5.91 Å². The molecule has 2 amide bonds. The van der Waals surface area contributed by atoms with Crippen LogP contribution in [-0.4, -0.2) is 44.0 Å². The van der Waals surface area contributed by atoms with Gasteiger partial charge >= 0.3 is 0 Å². The average Bonchev–Trinajstić information content (AvgIpc) is 2.72. The van der Waals surface area contributed by atoms with E-state index in [-0.39, 0.29) is 18.2 Å². The second-order valence-electron chi connectivity index (χ2n) is 6.41. The SMILES string of the molecule is COc1cc2c(cc1OC)CN(C(=O)CCNC(=O)c1ccccc1)CC2. The third-order valence-electron chi connectivity index (χ3n) is 4.73. The number of nitrogens with one attached hydrogen (secondary N) is 1. The van der Waals surface area contributed by atoms with Crippen LogP contribution in [0.4, 0.5) is 0 Å². The Hall–Kier alpha value is -3.02. The van der Waals surface area contributed by atoms with Crippen LogP contribution < -0.4 is 14.8 Å². The van der Waals surface area contributed by atoms with Crippen LogP contribution >= 0.6 is 0 Å². The summed E-state index contributed by atoms with van der Waals surface area (Å²) >= 11 is 0. The molecule has 6 heteroatoms. The quantitative estimate of drug-likeness (QED) is 0.850. The van der Waals surface area contributed by atoms with Crippen molar-refractivity contribution in [3.63, 3.8) is 0 Å². The third kappa shape index (κ3) is 4.39. The van der Waals surface area contributed by atoms with Crippen molar-refractivity contribution in [2.24, 2.45) is 0 Å². The molecule has 3 rings (SSSR count). The highest BCUT2D eigenvalue weighted by atomic mass is 16.5. The zero-order valence-corrected chi connectivity index (χ0v) is 15.7. The highest BCUT2D eigenvalue weighted by Gasteiger charge is 2.22. The van der Waals surface area contributed by atoms with Gasteiger partial charge < -0.3 is 19.7 Å². The van der Waals surface area contributed by atoms with Crippen LogP contribution in [0.3, 0.4) is 0 Å². The monoisotopic (exact) mass is 368 g/mol. The average molecular weight is 368 g/mol. The first kappa shape index (κ1) is 18.8. The molecular weight excluding hydrogens is 344 g/mol. The van der Waals surface area contributed by atoms with E-state index in [9.17, 15) is 9.59 Å². The van der Waals surface area contributed by atoms with Gasteiger partial charge in [-0.15, -0.1) is 0 Å². The van der Waals surface area contributed by atoms with Crippen molar-refractivity contribution in [2.45, 2.75) is 19.4 Å². The molecule has 1 aliphatic rings. The molecular formula is C21H24N2O4. The second kappa shape index (κ2) is 8.58. The molecule has 0 saturated heterocycles. The topological polar surface area (TPSA) is 67.9 Å². The lowest BCUT2D eigenvalue weighted by Crippen LogP contribution is -2.38. The maximum absolute atomic E-state index is 12.5. The summed E-state index contributed by atoms with van der Waals surface area (Å²) in [5.41, 5.74) is 2.84. The van der Waals surface area contributed by atoms with Gasteiger partial charge in [-0.2, -0.15) is 0 Å². The van der Waals surface area contributed by atoms with E-state index < -0.39 is 0 Å². The molecule has 0 radical (unpaired) electrons. The normalized spacial score (nSPS) is 12.9. The van der Waals surface area contributed by atoms with Crippen molar-refractivity contribution in [2.75, 3.05) is 27.3 Å². The van der Waals surface area contributed by atoms with Crippen molar-refractivity contribution < 1.29 is 19.1 Å². The summed E-state index contributed by atoms with van der Waals surface area (Å²) < 4.78 is 10.7. The van der Waals surface area contributed by atoms with Crippen molar-refractivity contribution in [3.05, 3.63) is 59.2 Å². The number of methoxy groups -OCH3 is 2. The number of carbonyl (C=O) groups excluding carboxylic acids is 2. The third-order valence-corrected chi connectivity index (χ3v) is 4.73. The summed E-state index contributed by atoms with van der Waals surface area (Å²) in [5.74, 6) is 1.24. The largest absolute Gasteiger partial charge is 0.493 e. The molecule has 0 spiro atoms. The van der Waals surface area contributed by atoms with Crippen LogP contribution in [0.5, 0.6) is 11.5 Å². The highest BCUT2D eigenvalue weighted by Crippen LogP contribution is 2.33. The lowest BCUT2D eigenvalue weighted by Gasteiger charge is -2.29. The maximum Gasteiger partial charge on any atom is 0.251 e. The van der Waals surface area contributed by atoms with E-state index in [1.165, 1.54) is 5.56 Å². The van der Waals surface area contributed by atoms with Crippen molar-refractivity contribution in [1.29, 1.82) is 0 Å². The van der Waals surface area contributed by atoms with E-state index in [2.05, 4.69) is 5.32 Å². The number of nitrogens with zero attached hydrogens (tertiary/aromatic N) is 1. The first-order valence-corrected chi connectivity index (χ1v) is 8.97. The molecule has 0 aromatic heterocycles. The minimum absolute atomic E-state index is 0.0313. The van der Waals surface area contributed by atoms with Crippen molar-refractivity contribution in [1.82, 2.24) is 10.2 Å². The number of ether oxygens (including phenoxy) is 2. The molecule has 1 N–H and O–H groups in total. The second-order valence-corrected chi connectivity index (χ2v) is 6.41. The van der Waals surface area contributed by atoms with Crippen LogP contribution in [0, 0.1) is 0 Å². The zero-order valence-electron chi connectivity index (χ0n) is 15.7. The Morgan fingerprint density at radius 1 is 1.04 bits per heavy atom. The summed E-state index contributed by atoms with van der Waals surface area (Å²) in [6, 6.07) is 12.9. The van der Waals surface area contributed by atoms with Crippen LogP contribution in [0.2, 0.25) is 0 Å². The summed E-state index contributed by atoms with van der Waals surface area (Å²) in [5, 5.41) is 2.80. The van der Waals surface area contributed by atoms with Gasteiger partial charge in [0.05, 0.1) is 14.2 Å². The predicted molar refractivity (Wildman–Crippen MR) is 102 cm³/mol. The lowest BCUT2D eigenvalue weighted by atomic mass is 9.98. The van der Waals surface area contributed by atoms with E-state index in [4.69, 9.17) is 9.47 Å². The van der Waals surface area contributed by atoms with E-state index in [0.717, 1.165) is 12.0 Å². The van der Waals surface area contributed by atoms with Crippen molar-refractivity contribution >= 4 is 11.8 Å². The van der Waals surface area contributed by atoms with Crippen molar-refractivity contribution in [3.8, 4) is 11.5 Å². The number of amides is 2. The molecule has 2 aromatic carbocycles. The van der Waals surface area contributed by atoms with Crippen LogP contribution in [-0.2, 0) is 17.8 Å². The molecule has 27 heavy (non-hydrogen) atoms. The van der Waals surface area contributed by atoms with E-state index in [1.54, 1.807) is 26.4 Å². The van der Waals surface area contributed by atoms with E-state index >= 15 is 0 Å². The standard InChI is InChI=1S/C21H24N2O4/c1-26-18-12-16-9-11-23(14-17(16)13-19(18)27-2)20(24)8-10-22-21(25)15-6-4-3-5-7-15/h3-7,12-13H,8-11,14H2,1-2H3,(H,22,25). The molecule has 0 fully saturated rings. The highest BCUT2D eigenvalue weighted by molar-refractivity contribution is 5.94. The fourth-order valence-electron chi connectivity index (χ4n) is 3.23. The molecule has 142 valence electrons. The van der Waals surface area contributed by atoms with Crippen LogP contribution in [0.1, 0.15) is 27.9 Å². The van der Waals surface area contributed by atoms with Gasteiger partial charge in [0.25, 0.3) is 5.91 Å². The van der Waals surface area contributed by atoms with Gasteiger partial charge in [-0.25, -0.2) is 0 Å². The molecule has 0 aliphatic carbocycles. The van der Waals surface area contributed by atoms with Crippen LogP contribution in [0.25, 0.3) is 0 Å². The Balaban J connectivity index is 1.55. The maximum atomic E-state index is 12.5. The minimum Gasteiger partial charge on any atom is -0.493 e. The molecule has 1 heterocycles. The van der Waals surface area contributed by atoms with Gasteiger partial charge in [-0.05, 0) is 41.8 Å². The van der Waals surface area contributed by atoms with Gasteiger partial charge in [0, 0.05) is 31.6 Å². The predicted octanol–water partition coefficient (Wildman–Crippen LogP) is 2.41. The number of fused-ring (bicyclic) bond motifs is 1. The number of rotatable bonds is 6. The Labute approximate surface area is 159 Å². The lowest BCUT2D eigenvalue weighted by molar-refractivity contribution is -0.131. The Morgan fingerprint density at radius 2 is 1.70 bits per heavy atom. The Morgan fingerprint density at radius 3 is 2.37 bits per heavy atom. The number of benzene rings is 2. The fourth-order valence-corrected chi connectivity index (χ4v) is 3.23. The molecule has 0 atom stereocenters. The molecule has 2 aromatic rings. The summed E-state index contributed by atoms with van der Waals surface area (Å²) in [6.07, 6.45) is 1.05. The molecule has 0 saturated carbocycles. The summed E-state index contributed by atoms with van der Waals surface area (Å²) in [6.45, 7) is 1.52. The fraction of sp³-hybridized carbons (Fsp3) is 0.333. The van der Waals surface area contributed by atoms with E-state index in [1.807, 2.05) is 35.2 Å². The van der Waals surface area contributed by atoms with Gasteiger partial charge in [0.1, 0.15) is 0 Å². The Bertz CT molecular complexity index is 820. The molecule has 6 nitrogen and oxygen atoms in total. The molecule has 0 unspecified atom stereocenters.